The molecule has 2 fully saturated rings. The molecule has 0 amide bonds. The largest absolute Gasteiger partial charge is 0.320 e. The lowest BCUT2D eigenvalue weighted by Gasteiger charge is -2.33. The second-order valence-corrected chi connectivity index (χ2v) is 4.60. The van der Waals surface area contributed by atoms with Crippen LogP contribution in [-0.4, -0.2) is 12.1 Å². The van der Waals surface area contributed by atoms with Crippen LogP contribution < -0.4 is 11.1 Å². The predicted molar refractivity (Wildman–Crippen MR) is 56.9 cm³/mol. The van der Waals surface area contributed by atoms with Crippen molar-refractivity contribution in [1.82, 2.24) is 5.32 Å². The van der Waals surface area contributed by atoms with E-state index in [1.54, 1.807) is 0 Å². The summed E-state index contributed by atoms with van der Waals surface area (Å²) in [4.78, 5) is 0. The van der Waals surface area contributed by atoms with Gasteiger partial charge in [-0.25, -0.2) is 0 Å². The van der Waals surface area contributed by atoms with E-state index in [4.69, 9.17) is 5.73 Å². The van der Waals surface area contributed by atoms with E-state index < -0.39 is 0 Å². The molecule has 2 aliphatic heterocycles. The topological polar surface area (TPSA) is 38.0 Å². The minimum absolute atomic E-state index is 0.107. The van der Waals surface area contributed by atoms with Crippen molar-refractivity contribution < 1.29 is 0 Å². The number of benzene rings is 1. The van der Waals surface area contributed by atoms with Crippen molar-refractivity contribution in [2.45, 2.75) is 36.9 Å². The van der Waals surface area contributed by atoms with Crippen LogP contribution in [0.25, 0.3) is 0 Å². The van der Waals surface area contributed by atoms with E-state index in [-0.39, 0.29) is 5.54 Å². The van der Waals surface area contributed by atoms with Crippen molar-refractivity contribution in [1.29, 1.82) is 0 Å². The van der Waals surface area contributed by atoms with Gasteiger partial charge in [0.25, 0.3) is 0 Å². The average Bonchev–Trinajstić information content (AvgIpc) is 2.79. The Morgan fingerprint density at radius 1 is 1.21 bits per heavy atom. The summed E-state index contributed by atoms with van der Waals surface area (Å²) in [7, 11) is 0. The van der Waals surface area contributed by atoms with Gasteiger partial charge < -0.3 is 11.1 Å². The first-order valence-electron chi connectivity index (χ1n) is 5.39. The van der Waals surface area contributed by atoms with Gasteiger partial charge in [-0.15, -0.1) is 0 Å². The number of hydrogen-bond acceptors (Lipinski definition) is 2. The fourth-order valence-corrected chi connectivity index (χ4v) is 3.00. The van der Waals surface area contributed by atoms with Gasteiger partial charge in [-0.2, -0.15) is 0 Å². The van der Waals surface area contributed by atoms with Gasteiger partial charge in [0.1, 0.15) is 0 Å². The van der Waals surface area contributed by atoms with Gasteiger partial charge in [0, 0.05) is 12.1 Å². The van der Waals surface area contributed by atoms with E-state index in [2.05, 4.69) is 29.6 Å². The van der Waals surface area contributed by atoms with E-state index in [0.717, 1.165) is 6.42 Å². The van der Waals surface area contributed by atoms with Gasteiger partial charge >= 0.3 is 0 Å². The fraction of sp³-hybridized carbons (Fsp3) is 0.500. The molecule has 2 heteroatoms. The molecule has 3 rings (SSSR count). The van der Waals surface area contributed by atoms with Crippen LogP contribution in [0, 0.1) is 0 Å². The number of nitrogens with two attached hydrogens (primary N) is 1. The molecule has 1 aromatic carbocycles. The van der Waals surface area contributed by atoms with Gasteiger partial charge in [-0.3, -0.25) is 0 Å². The first-order valence-corrected chi connectivity index (χ1v) is 5.39. The summed E-state index contributed by atoms with van der Waals surface area (Å²) in [6.45, 7) is 0. The lowest BCUT2D eigenvalue weighted by Crippen LogP contribution is -2.47. The van der Waals surface area contributed by atoms with E-state index in [0.29, 0.717) is 12.1 Å². The Hall–Kier alpha value is -0.860. The van der Waals surface area contributed by atoms with Gasteiger partial charge in [0.2, 0.25) is 0 Å². The third-order valence-corrected chi connectivity index (χ3v) is 3.76. The maximum absolute atomic E-state index is 6.50. The number of rotatable bonds is 1. The highest BCUT2D eigenvalue weighted by atomic mass is 15.1. The molecule has 2 bridgehead atoms. The number of fused-ring (bicyclic) bond motifs is 2. The molecule has 0 aliphatic carbocycles. The average molecular weight is 188 g/mol. The molecule has 14 heavy (non-hydrogen) atoms. The Morgan fingerprint density at radius 2 is 2.00 bits per heavy atom. The van der Waals surface area contributed by atoms with Crippen molar-refractivity contribution in [2.75, 3.05) is 0 Å². The van der Waals surface area contributed by atoms with Gasteiger partial charge in [0.05, 0.1) is 5.54 Å². The van der Waals surface area contributed by atoms with Crippen molar-refractivity contribution in [3.05, 3.63) is 35.9 Å². The zero-order chi connectivity index (χ0) is 9.60. The van der Waals surface area contributed by atoms with Crippen LogP contribution >= 0.6 is 0 Å². The van der Waals surface area contributed by atoms with Gasteiger partial charge in [-0.05, 0) is 24.8 Å². The second kappa shape index (κ2) is 2.81. The molecule has 74 valence electrons. The monoisotopic (exact) mass is 188 g/mol. The SMILES string of the molecule is NC1(c2ccccc2)CC2CCC1N2. The summed E-state index contributed by atoms with van der Waals surface area (Å²) in [5, 5.41) is 3.59. The number of hydrogen-bond donors (Lipinski definition) is 2. The molecule has 3 unspecified atom stereocenters. The minimum atomic E-state index is -0.107. The molecule has 0 spiro atoms. The van der Waals surface area contributed by atoms with E-state index in [9.17, 15) is 0 Å². The van der Waals surface area contributed by atoms with Crippen LogP contribution in [0.3, 0.4) is 0 Å². The summed E-state index contributed by atoms with van der Waals surface area (Å²) < 4.78 is 0. The Kier molecular flexibility index (Phi) is 1.70. The third-order valence-electron chi connectivity index (χ3n) is 3.76. The standard InChI is InChI=1S/C12H16N2/c13-12(9-4-2-1-3-5-9)8-10-6-7-11(12)14-10/h1-5,10-11,14H,6-8,13H2. The molecule has 1 aromatic rings. The van der Waals surface area contributed by atoms with Crippen LogP contribution in [0.4, 0.5) is 0 Å². The molecular formula is C12H16N2. The quantitative estimate of drug-likeness (QED) is 0.698. The van der Waals surface area contributed by atoms with Crippen molar-refractivity contribution >= 4 is 0 Å². The molecule has 2 saturated heterocycles. The lowest BCUT2D eigenvalue weighted by molar-refractivity contribution is 0.343. The van der Waals surface area contributed by atoms with Crippen molar-refractivity contribution in [2.24, 2.45) is 5.73 Å². The first-order chi connectivity index (χ1) is 6.79. The zero-order valence-corrected chi connectivity index (χ0v) is 8.24. The van der Waals surface area contributed by atoms with E-state index in [1.165, 1.54) is 18.4 Å². The summed E-state index contributed by atoms with van der Waals surface area (Å²) in [6.07, 6.45) is 3.63. The first kappa shape index (κ1) is 8.45. The van der Waals surface area contributed by atoms with E-state index >= 15 is 0 Å². The highest BCUT2D eigenvalue weighted by Crippen LogP contribution is 2.41. The summed E-state index contributed by atoms with van der Waals surface area (Å²) in [5.74, 6) is 0. The molecule has 0 aromatic heterocycles. The highest BCUT2D eigenvalue weighted by molar-refractivity contribution is 5.30. The molecule has 0 saturated carbocycles. The van der Waals surface area contributed by atoms with Crippen LogP contribution in [0.15, 0.2) is 30.3 Å². The summed E-state index contributed by atoms with van der Waals surface area (Å²) >= 11 is 0. The van der Waals surface area contributed by atoms with Crippen LogP contribution in [0.1, 0.15) is 24.8 Å². The van der Waals surface area contributed by atoms with Crippen LogP contribution in [-0.2, 0) is 5.54 Å². The summed E-state index contributed by atoms with van der Waals surface area (Å²) in [6, 6.07) is 11.7. The number of nitrogens with one attached hydrogen (secondary N) is 1. The van der Waals surface area contributed by atoms with E-state index in [1.807, 2.05) is 6.07 Å². The zero-order valence-electron chi connectivity index (χ0n) is 8.24. The molecule has 2 heterocycles. The minimum Gasteiger partial charge on any atom is -0.320 e. The second-order valence-electron chi connectivity index (χ2n) is 4.60. The highest BCUT2D eigenvalue weighted by Gasteiger charge is 2.49. The third kappa shape index (κ3) is 1.04. The Labute approximate surface area is 84.5 Å². The maximum atomic E-state index is 6.50. The predicted octanol–water partition coefficient (Wildman–Crippen LogP) is 1.36. The molecule has 3 N–H and O–H groups in total. The molecule has 0 radical (unpaired) electrons. The smallest absolute Gasteiger partial charge is 0.0580 e. The normalized spacial score (nSPS) is 40.4. The lowest BCUT2D eigenvalue weighted by atomic mass is 9.77. The summed E-state index contributed by atoms with van der Waals surface area (Å²) in [5.41, 5.74) is 7.69. The fourth-order valence-electron chi connectivity index (χ4n) is 3.00. The maximum Gasteiger partial charge on any atom is 0.0580 e. The molecule has 2 aliphatic rings. The van der Waals surface area contributed by atoms with Gasteiger partial charge in [-0.1, -0.05) is 30.3 Å². The van der Waals surface area contributed by atoms with Crippen molar-refractivity contribution in [3.63, 3.8) is 0 Å². The Morgan fingerprint density at radius 3 is 2.57 bits per heavy atom. The molecular weight excluding hydrogens is 172 g/mol. The van der Waals surface area contributed by atoms with Gasteiger partial charge in [0.15, 0.2) is 0 Å². The van der Waals surface area contributed by atoms with Crippen LogP contribution in [0.2, 0.25) is 0 Å². The van der Waals surface area contributed by atoms with Crippen molar-refractivity contribution in [3.8, 4) is 0 Å². The Balaban J connectivity index is 1.98. The molecule has 3 atom stereocenters. The Bertz CT molecular complexity index is 335. The van der Waals surface area contributed by atoms with Crippen LogP contribution in [0.5, 0.6) is 0 Å². The molecule has 2 nitrogen and oxygen atoms in total.